The molecular weight excluding hydrogens is 252 g/mol. The van der Waals surface area contributed by atoms with Crippen molar-refractivity contribution in [3.63, 3.8) is 0 Å². The second kappa shape index (κ2) is 5.77. The minimum Gasteiger partial charge on any atom is -0.392 e. The molecule has 18 heavy (non-hydrogen) atoms. The maximum Gasteiger partial charge on any atom is 0.324 e. The Morgan fingerprint density at radius 1 is 1.67 bits per heavy atom. The van der Waals surface area contributed by atoms with Crippen LogP contribution in [0.4, 0.5) is 5.00 Å². The first-order valence-corrected chi connectivity index (χ1v) is 7.10. The first kappa shape index (κ1) is 13.5. The van der Waals surface area contributed by atoms with Crippen molar-refractivity contribution in [3.05, 3.63) is 27.1 Å². The van der Waals surface area contributed by atoms with E-state index in [1.807, 2.05) is 12.3 Å². The molecule has 1 saturated heterocycles. The van der Waals surface area contributed by atoms with Gasteiger partial charge in [-0.15, -0.1) is 0 Å². The van der Waals surface area contributed by atoms with Gasteiger partial charge in [0.25, 0.3) is 0 Å². The molecule has 0 bridgehead atoms. The van der Waals surface area contributed by atoms with E-state index < -0.39 is 0 Å². The van der Waals surface area contributed by atoms with Gasteiger partial charge in [0.2, 0.25) is 0 Å². The van der Waals surface area contributed by atoms with Crippen LogP contribution in [-0.4, -0.2) is 33.6 Å². The fourth-order valence-electron chi connectivity index (χ4n) is 2.54. The summed E-state index contributed by atoms with van der Waals surface area (Å²) in [6.45, 7) is 3.47. The summed E-state index contributed by atoms with van der Waals surface area (Å²) in [5.74, 6) is 0. The summed E-state index contributed by atoms with van der Waals surface area (Å²) in [5.41, 5.74) is 0.972. The lowest BCUT2D eigenvalue weighted by Gasteiger charge is -2.37. The molecule has 2 rings (SSSR count). The Bertz CT molecular complexity index is 419. The van der Waals surface area contributed by atoms with E-state index in [1.54, 1.807) is 6.07 Å². The van der Waals surface area contributed by atoms with Gasteiger partial charge >= 0.3 is 5.00 Å². The first-order valence-electron chi connectivity index (χ1n) is 6.22. The molecule has 0 amide bonds. The third-order valence-corrected chi connectivity index (χ3v) is 4.36. The monoisotopic (exact) mass is 270 g/mol. The Balaban J connectivity index is 2.03. The summed E-state index contributed by atoms with van der Waals surface area (Å²) in [6.07, 6.45) is 2.94. The number of nitrogens with zero attached hydrogens (tertiary/aromatic N) is 2. The van der Waals surface area contributed by atoms with Gasteiger partial charge in [-0.25, -0.2) is 0 Å². The molecule has 5 nitrogen and oxygen atoms in total. The number of likely N-dealkylation sites (tertiary alicyclic amines) is 1. The van der Waals surface area contributed by atoms with E-state index in [2.05, 4.69) is 4.90 Å². The summed E-state index contributed by atoms with van der Waals surface area (Å²) >= 11 is 1.17. The Labute approximate surface area is 110 Å². The molecule has 1 aromatic heterocycles. The lowest BCUT2D eigenvalue weighted by molar-refractivity contribution is -0.380. The second-order valence-corrected chi connectivity index (χ2v) is 5.71. The number of nitro groups is 1. The van der Waals surface area contributed by atoms with Crippen molar-refractivity contribution < 1.29 is 10.0 Å². The maximum atomic E-state index is 10.6. The highest BCUT2D eigenvalue weighted by Gasteiger charge is 2.26. The summed E-state index contributed by atoms with van der Waals surface area (Å²) < 4.78 is 0. The lowest BCUT2D eigenvalue weighted by atomic mass is 9.98. The van der Waals surface area contributed by atoms with Gasteiger partial charge in [0.15, 0.2) is 0 Å². The van der Waals surface area contributed by atoms with E-state index in [1.165, 1.54) is 11.3 Å². The van der Waals surface area contributed by atoms with Crippen molar-refractivity contribution in [2.24, 2.45) is 0 Å². The molecule has 1 aromatic rings. The van der Waals surface area contributed by atoms with Gasteiger partial charge in [-0.2, -0.15) is 0 Å². The average molecular weight is 270 g/mol. The molecule has 0 radical (unpaired) electrons. The third kappa shape index (κ3) is 3.07. The molecule has 0 saturated carbocycles. The number of hydrogen-bond acceptors (Lipinski definition) is 5. The standard InChI is InChI=1S/C12H18N2O3S/c1-9(15)11-4-2-3-5-13(11)7-10-6-12(14(16)17)18-8-10/h6,8-9,11,15H,2-5,7H2,1H3/t9-,11+/m1/s1. The van der Waals surface area contributed by atoms with Crippen LogP contribution in [0.25, 0.3) is 0 Å². The zero-order valence-electron chi connectivity index (χ0n) is 10.4. The van der Waals surface area contributed by atoms with Crippen LogP contribution < -0.4 is 0 Å². The molecule has 2 atom stereocenters. The fourth-order valence-corrected chi connectivity index (χ4v) is 3.26. The Hall–Kier alpha value is -0.980. The average Bonchev–Trinajstić information content (AvgIpc) is 2.78. The minimum atomic E-state index is -0.351. The highest BCUT2D eigenvalue weighted by Crippen LogP contribution is 2.27. The molecule has 1 aliphatic rings. The van der Waals surface area contributed by atoms with E-state index in [9.17, 15) is 15.2 Å². The third-order valence-electron chi connectivity index (χ3n) is 3.43. The molecule has 0 unspecified atom stereocenters. The number of piperidine rings is 1. The van der Waals surface area contributed by atoms with Crippen LogP contribution in [0.3, 0.4) is 0 Å². The van der Waals surface area contributed by atoms with Crippen molar-refractivity contribution in [2.45, 2.75) is 44.9 Å². The van der Waals surface area contributed by atoms with Gasteiger partial charge in [-0.3, -0.25) is 15.0 Å². The van der Waals surface area contributed by atoms with Gasteiger partial charge in [0, 0.05) is 24.0 Å². The highest BCUT2D eigenvalue weighted by molar-refractivity contribution is 7.13. The molecule has 0 aliphatic carbocycles. The summed E-state index contributed by atoms with van der Waals surface area (Å²) in [5, 5.41) is 22.4. The molecule has 1 aliphatic heterocycles. The second-order valence-electron chi connectivity index (χ2n) is 4.82. The predicted molar refractivity (Wildman–Crippen MR) is 70.7 cm³/mol. The van der Waals surface area contributed by atoms with Crippen molar-refractivity contribution in [1.29, 1.82) is 0 Å². The van der Waals surface area contributed by atoms with Crippen molar-refractivity contribution >= 4 is 16.3 Å². The molecule has 6 heteroatoms. The van der Waals surface area contributed by atoms with E-state index in [0.717, 1.165) is 31.4 Å². The Morgan fingerprint density at radius 3 is 3.06 bits per heavy atom. The van der Waals surface area contributed by atoms with E-state index in [-0.39, 0.29) is 22.1 Å². The van der Waals surface area contributed by atoms with Gasteiger partial charge in [0.05, 0.1) is 11.0 Å². The van der Waals surface area contributed by atoms with Gasteiger partial charge in [-0.05, 0) is 31.9 Å². The summed E-state index contributed by atoms with van der Waals surface area (Å²) in [7, 11) is 0. The van der Waals surface area contributed by atoms with Crippen LogP contribution in [0.1, 0.15) is 31.7 Å². The molecule has 1 fully saturated rings. The predicted octanol–water partition coefficient (Wildman–Crippen LogP) is 2.39. The topological polar surface area (TPSA) is 66.6 Å². The smallest absolute Gasteiger partial charge is 0.324 e. The number of aliphatic hydroxyl groups excluding tert-OH is 1. The normalized spacial score (nSPS) is 22.9. The quantitative estimate of drug-likeness (QED) is 0.674. The zero-order chi connectivity index (χ0) is 13.1. The number of hydrogen-bond donors (Lipinski definition) is 1. The van der Waals surface area contributed by atoms with Gasteiger partial charge in [-0.1, -0.05) is 17.8 Å². The first-order chi connectivity index (χ1) is 8.58. The highest BCUT2D eigenvalue weighted by atomic mass is 32.1. The van der Waals surface area contributed by atoms with Crippen LogP contribution in [0.15, 0.2) is 11.4 Å². The van der Waals surface area contributed by atoms with Crippen LogP contribution >= 0.6 is 11.3 Å². The molecule has 1 N–H and O–H groups in total. The van der Waals surface area contributed by atoms with Crippen molar-refractivity contribution in [1.82, 2.24) is 4.90 Å². The van der Waals surface area contributed by atoms with Gasteiger partial charge < -0.3 is 5.11 Å². The number of thiophene rings is 1. The lowest BCUT2D eigenvalue weighted by Crippen LogP contribution is -2.45. The SMILES string of the molecule is C[C@@H](O)[C@@H]1CCCCN1Cc1csc([N+](=O)[O-])c1. The van der Waals surface area contributed by atoms with Crippen LogP contribution in [0, 0.1) is 10.1 Å². The molecule has 0 spiro atoms. The van der Waals surface area contributed by atoms with Crippen LogP contribution in [-0.2, 0) is 6.54 Å². The molecule has 2 heterocycles. The summed E-state index contributed by atoms with van der Waals surface area (Å²) in [4.78, 5) is 12.5. The molecule has 0 aromatic carbocycles. The Kier molecular flexibility index (Phi) is 4.31. The zero-order valence-corrected chi connectivity index (χ0v) is 11.2. The fraction of sp³-hybridized carbons (Fsp3) is 0.667. The maximum absolute atomic E-state index is 10.6. The molecule has 100 valence electrons. The largest absolute Gasteiger partial charge is 0.392 e. The van der Waals surface area contributed by atoms with E-state index in [0.29, 0.717) is 6.54 Å². The van der Waals surface area contributed by atoms with E-state index >= 15 is 0 Å². The summed E-state index contributed by atoms with van der Waals surface area (Å²) in [6, 6.07) is 1.82. The minimum absolute atomic E-state index is 0.178. The van der Waals surface area contributed by atoms with E-state index in [4.69, 9.17) is 0 Å². The van der Waals surface area contributed by atoms with Crippen LogP contribution in [0.5, 0.6) is 0 Å². The van der Waals surface area contributed by atoms with Crippen molar-refractivity contribution in [3.8, 4) is 0 Å². The number of rotatable bonds is 4. The Morgan fingerprint density at radius 2 is 2.44 bits per heavy atom. The van der Waals surface area contributed by atoms with Crippen LogP contribution in [0.2, 0.25) is 0 Å². The molecular formula is C12H18N2O3S. The van der Waals surface area contributed by atoms with Crippen molar-refractivity contribution in [2.75, 3.05) is 6.54 Å². The number of aliphatic hydroxyl groups is 1. The van der Waals surface area contributed by atoms with Gasteiger partial charge in [0.1, 0.15) is 0 Å².